The SMILES string of the molecule is CCCC1C=Cc2c(Br)ccc(-c3ccccc3)c21. The number of fused-ring (bicyclic) bond motifs is 1. The highest BCUT2D eigenvalue weighted by Crippen LogP contribution is 2.43. The summed E-state index contributed by atoms with van der Waals surface area (Å²) in [7, 11) is 0. The first kappa shape index (κ1) is 12.7. The average Bonchev–Trinajstić information content (AvgIpc) is 2.86. The largest absolute Gasteiger partial charge is 0.0763 e. The number of halogens is 1. The van der Waals surface area contributed by atoms with Crippen LogP contribution in [0.5, 0.6) is 0 Å². The molecule has 0 heterocycles. The van der Waals surface area contributed by atoms with Crippen LogP contribution in [0.15, 0.2) is 53.0 Å². The summed E-state index contributed by atoms with van der Waals surface area (Å²) < 4.78 is 1.21. The van der Waals surface area contributed by atoms with Crippen molar-refractivity contribution in [2.45, 2.75) is 25.7 Å². The lowest BCUT2D eigenvalue weighted by molar-refractivity contribution is 0.726. The van der Waals surface area contributed by atoms with Gasteiger partial charge in [0.05, 0.1) is 0 Å². The zero-order chi connectivity index (χ0) is 13.2. The molecule has 0 nitrogen and oxygen atoms in total. The number of benzene rings is 2. The van der Waals surface area contributed by atoms with Crippen LogP contribution in [0.25, 0.3) is 17.2 Å². The van der Waals surface area contributed by atoms with E-state index in [1.807, 2.05) is 0 Å². The van der Waals surface area contributed by atoms with Crippen molar-refractivity contribution in [3.63, 3.8) is 0 Å². The maximum atomic E-state index is 3.68. The first-order chi connectivity index (χ1) is 9.31. The predicted octanol–water partition coefficient (Wildman–Crippen LogP) is 6.03. The van der Waals surface area contributed by atoms with Crippen LogP contribution in [0.4, 0.5) is 0 Å². The zero-order valence-corrected chi connectivity index (χ0v) is 12.7. The van der Waals surface area contributed by atoms with Crippen molar-refractivity contribution < 1.29 is 0 Å². The number of hydrogen-bond donors (Lipinski definition) is 0. The molecule has 1 aliphatic rings. The molecule has 96 valence electrons. The van der Waals surface area contributed by atoms with Gasteiger partial charge in [-0.15, -0.1) is 0 Å². The predicted molar refractivity (Wildman–Crippen MR) is 86.3 cm³/mol. The molecule has 0 saturated carbocycles. The quantitative estimate of drug-likeness (QED) is 0.649. The van der Waals surface area contributed by atoms with Gasteiger partial charge >= 0.3 is 0 Å². The van der Waals surface area contributed by atoms with Gasteiger partial charge in [-0.25, -0.2) is 0 Å². The fraction of sp³-hybridized carbons (Fsp3) is 0.222. The third-order valence-corrected chi connectivity index (χ3v) is 4.48. The maximum Gasteiger partial charge on any atom is 0.0251 e. The molecule has 0 fully saturated rings. The van der Waals surface area contributed by atoms with Crippen LogP contribution >= 0.6 is 15.9 Å². The smallest absolute Gasteiger partial charge is 0.0251 e. The van der Waals surface area contributed by atoms with Crippen LogP contribution in [0, 0.1) is 0 Å². The molecular weight excluding hydrogens is 296 g/mol. The Balaban J connectivity index is 2.16. The van der Waals surface area contributed by atoms with E-state index in [4.69, 9.17) is 0 Å². The second-order valence-corrected chi connectivity index (χ2v) is 5.90. The molecule has 1 aliphatic carbocycles. The van der Waals surface area contributed by atoms with E-state index in [-0.39, 0.29) is 0 Å². The Hall–Kier alpha value is -1.34. The molecule has 0 amide bonds. The normalized spacial score (nSPS) is 16.6. The van der Waals surface area contributed by atoms with E-state index >= 15 is 0 Å². The first-order valence-corrected chi connectivity index (χ1v) is 7.66. The highest BCUT2D eigenvalue weighted by Gasteiger charge is 2.22. The standard InChI is InChI=1S/C18H17Br/c1-2-6-14-9-10-16-17(19)12-11-15(18(14)16)13-7-4-3-5-8-13/h3-5,7-12,14H,2,6H2,1H3. The van der Waals surface area contributed by atoms with E-state index < -0.39 is 0 Å². The molecule has 0 spiro atoms. The first-order valence-electron chi connectivity index (χ1n) is 6.87. The monoisotopic (exact) mass is 312 g/mol. The number of hydrogen-bond acceptors (Lipinski definition) is 0. The lowest BCUT2D eigenvalue weighted by atomic mass is 9.89. The van der Waals surface area contributed by atoms with Gasteiger partial charge in [-0.1, -0.05) is 77.8 Å². The van der Waals surface area contributed by atoms with Crippen molar-refractivity contribution in [2.24, 2.45) is 0 Å². The summed E-state index contributed by atoms with van der Waals surface area (Å²) in [6.45, 7) is 2.26. The Morgan fingerprint density at radius 3 is 2.58 bits per heavy atom. The van der Waals surface area contributed by atoms with Gasteiger partial charge in [0.1, 0.15) is 0 Å². The van der Waals surface area contributed by atoms with Crippen molar-refractivity contribution in [2.75, 3.05) is 0 Å². The lowest BCUT2D eigenvalue weighted by Gasteiger charge is -2.16. The highest BCUT2D eigenvalue weighted by atomic mass is 79.9. The maximum absolute atomic E-state index is 3.68. The van der Waals surface area contributed by atoms with Gasteiger partial charge in [0, 0.05) is 10.4 Å². The van der Waals surface area contributed by atoms with E-state index in [0.717, 1.165) is 0 Å². The topological polar surface area (TPSA) is 0 Å². The second kappa shape index (κ2) is 5.34. The van der Waals surface area contributed by atoms with E-state index in [2.05, 4.69) is 77.5 Å². The molecule has 3 rings (SSSR count). The zero-order valence-electron chi connectivity index (χ0n) is 11.1. The fourth-order valence-electron chi connectivity index (χ4n) is 2.91. The Labute approximate surface area is 123 Å². The molecule has 1 unspecified atom stereocenters. The summed E-state index contributed by atoms with van der Waals surface area (Å²) in [6.07, 6.45) is 7.06. The van der Waals surface area contributed by atoms with Gasteiger partial charge in [0.2, 0.25) is 0 Å². The number of rotatable bonds is 3. The van der Waals surface area contributed by atoms with Gasteiger partial charge in [-0.05, 0) is 34.7 Å². The average molecular weight is 313 g/mol. The Kier molecular flexibility index (Phi) is 3.56. The molecule has 0 saturated heterocycles. The van der Waals surface area contributed by atoms with Crippen LogP contribution in [-0.2, 0) is 0 Å². The van der Waals surface area contributed by atoms with E-state index in [1.54, 1.807) is 0 Å². The van der Waals surface area contributed by atoms with Crippen LogP contribution in [0.2, 0.25) is 0 Å². The van der Waals surface area contributed by atoms with Crippen molar-refractivity contribution >= 4 is 22.0 Å². The molecule has 0 radical (unpaired) electrons. The summed E-state index contributed by atoms with van der Waals surface area (Å²) in [5.74, 6) is 0.563. The van der Waals surface area contributed by atoms with Crippen molar-refractivity contribution in [1.82, 2.24) is 0 Å². The van der Waals surface area contributed by atoms with Crippen LogP contribution in [0.1, 0.15) is 36.8 Å². The molecule has 2 aromatic carbocycles. The van der Waals surface area contributed by atoms with Crippen LogP contribution in [-0.4, -0.2) is 0 Å². The van der Waals surface area contributed by atoms with E-state index in [9.17, 15) is 0 Å². The molecule has 0 N–H and O–H groups in total. The van der Waals surface area contributed by atoms with E-state index in [1.165, 1.54) is 39.6 Å². The molecule has 1 atom stereocenters. The fourth-order valence-corrected chi connectivity index (χ4v) is 3.39. The third-order valence-electron chi connectivity index (χ3n) is 3.78. The summed E-state index contributed by atoms with van der Waals surface area (Å²) >= 11 is 3.68. The minimum Gasteiger partial charge on any atom is -0.0763 e. The highest BCUT2D eigenvalue weighted by molar-refractivity contribution is 9.10. The molecule has 2 aromatic rings. The third kappa shape index (κ3) is 2.28. The minimum atomic E-state index is 0.563. The minimum absolute atomic E-state index is 0.563. The lowest BCUT2D eigenvalue weighted by Crippen LogP contribution is -1.97. The summed E-state index contributed by atoms with van der Waals surface area (Å²) in [6, 6.07) is 15.1. The summed E-state index contributed by atoms with van der Waals surface area (Å²) in [5.41, 5.74) is 5.54. The molecule has 19 heavy (non-hydrogen) atoms. The van der Waals surface area contributed by atoms with Crippen LogP contribution in [0.3, 0.4) is 0 Å². The van der Waals surface area contributed by atoms with Crippen molar-refractivity contribution in [3.8, 4) is 11.1 Å². The van der Waals surface area contributed by atoms with Gasteiger partial charge in [-0.2, -0.15) is 0 Å². The van der Waals surface area contributed by atoms with Gasteiger partial charge in [0.15, 0.2) is 0 Å². The molecule has 0 aliphatic heterocycles. The molecule has 0 bridgehead atoms. The Bertz CT molecular complexity index is 611. The summed E-state index contributed by atoms with van der Waals surface area (Å²) in [4.78, 5) is 0. The van der Waals surface area contributed by atoms with E-state index in [0.29, 0.717) is 5.92 Å². The van der Waals surface area contributed by atoms with Crippen molar-refractivity contribution in [1.29, 1.82) is 0 Å². The molecule has 0 aromatic heterocycles. The Morgan fingerprint density at radius 1 is 1.05 bits per heavy atom. The number of allylic oxidation sites excluding steroid dienone is 1. The van der Waals surface area contributed by atoms with Crippen LogP contribution < -0.4 is 0 Å². The molecular formula is C18H17Br. The van der Waals surface area contributed by atoms with Gasteiger partial charge in [-0.3, -0.25) is 0 Å². The Morgan fingerprint density at radius 2 is 1.84 bits per heavy atom. The van der Waals surface area contributed by atoms with Crippen molar-refractivity contribution in [3.05, 3.63) is 64.1 Å². The van der Waals surface area contributed by atoms with Gasteiger partial charge < -0.3 is 0 Å². The van der Waals surface area contributed by atoms with Gasteiger partial charge in [0.25, 0.3) is 0 Å². The summed E-state index contributed by atoms with van der Waals surface area (Å²) in [5, 5.41) is 0. The molecule has 1 heteroatoms. The second-order valence-electron chi connectivity index (χ2n) is 5.04.